The Morgan fingerprint density at radius 3 is 2.45 bits per heavy atom. The molecule has 1 heterocycles. The zero-order chi connectivity index (χ0) is 13.9. The molecule has 106 valence electrons. The Labute approximate surface area is 128 Å². The van der Waals surface area contributed by atoms with E-state index < -0.39 is 0 Å². The number of halogens is 1. The van der Waals surface area contributed by atoms with Crippen molar-refractivity contribution >= 4 is 32.8 Å². The fourth-order valence-electron chi connectivity index (χ4n) is 3.12. The summed E-state index contributed by atoms with van der Waals surface area (Å²) in [4.78, 5) is 12.1. The topological polar surface area (TPSA) is 29.0 Å². The number of alkyl halides is 1. The van der Waals surface area contributed by atoms with E-state index in [0.29, 0.717) is 6.04 Å². The molecule has 3 rings (SSSR count). The lowest BCUT2D eigenvalue weighted by molar-refractivity contribution is 0.614. The summed E-state index contributed by atoms with van der Waals surface area (Å²) in [6, 6.07) is 8.75. The predicted molar refractivity (Wildman–Crippen MR) is 87.7 cm³/mol. The summed E-state index contributed by atoms with van der Waals surface area (Å²) in [5, 5.41) is 0.970. The molecule has 4 heteroatoms. The summed E-state index contributed by atoms with van der Waals surface area (Å²) < 4.78 is 0. The summed E-state index contributed by atoms with van der Waals surface area (Å²) in [7, 11) is 0. The van der Waals surface area contributed by atoms with Crippen molar-refractivity contribution in [3.8, 4) is 0 Å². The minimum absolute atomic E-state index is 0.627. The van der Waals surface area contributed by atoms with E-state index in [-0.39, 0.29) is 0 Å². The van der Waals surface area contributed by atoms with Crippen LogP contribution in [-0.2, 0) is 0 Å². The first-order chi connectivity index (χ1) is 9.79. The first kappa shape index (κ1) is 13.8. The van der Waals surface area contributed by atoms with Gasteiger partial charge in [-0.2, -0.15) is 0 Å². The smallest absolute Gasteiger partial charge is 0.151 e. The van der Waals surface area contributed by atoms with Crippen molar-refractivity contribution in [1.29, 1.82) is 0 Å². The molecule has 1 aliphatic rings. The number of aryl methyl sites for hydroxylation is 1. The molecule has 0 aliphatic heterocycles. The highest BCUT2D eigenvalue weighted by atomic mass is 79.9. The van der Waals surface area contributed by atoms with E-state index in [2.05, 4.69) is 27.8 Å². The number of aromatic nitrogens is 2. The minimum Gasteiger partial charge on any atom is -0.351 e. The van der Waals surface area contributed by atoms with Crippen LogP contribution in [0.5, 0.6) is 0 Å². The number of rotatable bonds is 4. The molecule has 0 radical (unpaired) electrons. The molecule has 1 aromatic heterocycles. The van der Waals surface area contributed by atoms with Crippen LogP contribution >= 0.6 is 15.9 Å². The SMILES string of the molecule is Cc1nc2ccccc2nc1N(CCBr)C1CCCC1. The Bertz CT molecular complexity index is 593. The maximum atomic E-state index is 4.88. The Morgan fingerprint density at radius 2 is 1.80 bits per heavy atom. The fraction of sp³-hybridized carbons (Fsp3) is 0.500. The van der Waals surface area contributed by atoms with Gasteiger partial charge in [-0.1, -0.05) is 40.9 Å². The van der Waals surface area contributed by atoms with Crippen molar-refractivity contribution in [1.82, 2.24) is 9.97 Å². The summed E-state index contributed by atoms with van der Waals surface area (Å²) in [5.74, 6) is 1.06. The number of hydrogen-bond donors (Lipinski definition) is 0. The molecule has 0 spiro atoms. The quantitative estimate of drug-likeness (QED) is 0.789. The molecule has 0 saturated heterocycles. The average molecular weight is 334 g/mol. The molecule has 3 nitrogen and oxygen atoms in total. The van der Waals surface area contributed by atoms with Gasteiger partial charge in [-0.15, -0.1) is 0 Å². The van der Waals surface area contributed by atoms with Crippen LogP contribution in [0, 0.1) is 6.92 Å². The van der Waals surface area contributed by atoms with Gasteiger partial charge >= 0.3 is 0 Å². The van der Waals surface area contributed by atoms with E-state index in [1.54, 1.807) is 0 Å². The van der Waals surface area contributed by atoms with Gasteiger partial charge in [0.05, 0.1) is 16.7 Å². The van der Waals surface area contributed by atoms with Gasteiger partial charge in [0.2, 0.25) is 0 Å². The normalized spacial score (nSPS) is 15.9. The number of benzene rings is 1. The van der Waals surface area contributed by atoms with Crippen LogP contribution in [0.25, 0.3) is 11.0 Å². The number of fused-ring (bicyclic) bond motifs is 1. The number of hydrogen-bond acceptors (Lipinski definition) is 3. The lowest BCUT2D eigenvalue weighted by atomic mass is 10.2. The van der Waals surface area contributed by atoms with Gasteiger partial charge in [0.1, 0.15) is 0 Å². The molecule has 0 N–H and O–H groups in total. The summed E-state index contributed by atoms with van der Waals surface area (Å²) >= 11 is 3.58. The molecule has 0 unspecified atom stereocenters. The van der Waals surface area contributed by atoms with Gasteiger partial charge in [0.15, 0.2) is 5.82 Å². The van der Waals surface area contributed by atoms with Crippen molar-refractivity contribution < 1.29 is 0 Å². The van der Waals surface area contributed by atoms with E-state index in [4.69, 9.17) is 9.97 Å². The Balaban J connectivity index is 2.02. The predicted octanol–water partition coefficient (Wildman–Crippen LogP) is 4.08. The molecule has 1 fully saturated rings. The van der Waals surface area contributed by atoms with Gasteiger partial charge in [0, 0.05) is 17.9 Å². The van der Waals surface area contributed by atoms with Gasteiger partial charge in [-0.25, -0.2) is 9.97 Å². The van der Waals surface area contributed by atoms with Crippen LogP contribution in [0.2, 0.25) is 0 Å². The zero-order valence-electron chi connectivity index (χ0n) is 11.8. The molecular weight excluding hydrogens is 314 g/mol. The lowest BCUT2D eigenvalue weighted by Crippen LogP contribution is -2.36. The van der Waals surface area contributed by atoms with Crippen LogP contribution in [0.3, 0.4) is 0 Å². The second-order valence-corrected chi connectivity index (χ2v) is 6.23. The number of nitrogens with zero attached hydrogens (tertiary/aromatic N) is 3. The lowest BCUT2D eigenvalue weighted by Gasteiger charge is -2.30. The molecule has 1 saturated carbocycles. The first-order valence-electron chi connectivity index (χ1n) is 7.35. The third kappa shape index (κ3) is 2.66. The highest BCUT2D eigenvalue weighted by Gasteiger charge is 2.25. The monoisotopic (exact) mass is 333 g/mol. The van der Waals surface area contributed by atoms with E-state index in [1.807, 2.05) is 24.3 Å². The van der Waals surface area contributed by atoms with Gasteiger partial charge < -0.3 is 4.90 Å². The number of anilines is 1. The summed E-state index contributed by atoms with van der Waals surface area (Å²) in [6.07, 6.45) is 5.23. The van der Waals surface area contributed by atoms with E-state index in [1.165, 1.54) is 25.7 Å². The highest BCUT2D eigenvalue weighted by molar-refractivity contribution is 9.09. The van der Waals surface area contributed by atoms with Crippen molar-refractivity contribution in [2.24, 2.45) is 0 Å². The van der Waals surface area contributed by atoms with Crippen molar-refractivity contribution in [2.45, 2.75) is 38.6 Å². The molecule has 1 aliphatic carbocycles. The van der Waals surface area contributed by atoms with Crippen molar-refractivity contribution in [2.75, 3.05) is 16.8 Å². The standard InChI is InChI=1S/C16H20BrN3/c1-12-16(19-15-9-5-4-8-14(15)18-12)20(11-10-17)13-6-2-3-7-13/h4-5,8-9,13H,2-3,6-7,10-11H2,1H3. The van der Waals surface area contributed by atoms with Gasteiger partial charge in [-0.3, -0.25) is 0 Å². The maximum Gasteiger partial charge on any atom is 0.151 e. The fourth-order valence-corrected chi connectivity index (χ4v) is 3.50. The summed E-state index contributed by atoms with van der Waals surface area (Å²) in [5.41, 5.74) is 3.01. The number of para-hydroxylation sites is 2. The second kappa shape index (κ2) is 6.08. The Kier molecular flexibility index (Phi) is 4.20. The molecule has 20 heavy (non-hydrogen) atoms. The third-order valence-corrected chi connectivity index (χ3v) is 4.44. The molecule has 0 atom stereocenters. The molecule has 0 bridgehead atoms. The van der Waals surface area contributed by atoms with Crippen LogP contribution in [-0.4, -0.2) is 27.9 Å². The van der Waals surface area contributed by atoms with Crippen LogP contribution < -0.4 is 4.90 Å². The van der Waals surface area contributed by atoms with Crippen molar-refractivity contribution in [3.05, 3.63) is 30.0 Å². The Hall–Kier alpha value is -1.16. The van der Waals surface area contributed by atoms with E-state index >= 15 is 0 Å². The highest BCUT2D eigenvalue weighted by Crippen LogP contribution is 2.29. The average Bonchev–Trinajstić information content (AvgIpc) is 2.98. The van der Waals surface area contributed by atoms with E-state index in [0.717, 1.165) is 34.4 Å². The molecule has 0 amide bonds. The van der Waals surface area contributed by atoms with E-state index in [9.17, 15) is 0 Å². The van der Waals surface area contributed by atoms with Crippen LogP contribution in [0.4, 0.5) is 5.82 Å². The third-order valence-electron chi connectivity index (χ3n) is 4.08. The zero-order valence-corrected chi connectivity index (χ0v) is 13.4. The van der Waals surface area contributed by atoms with Gasteiger partial charge in [0.25, 0.3) is 0 Å². The largest absolute Gasteiger partial charge is 0.351 e. The summed E-state index contributed by atoms with van der Waals surface area (Å²) in [6.45, 7) is 3.07. The van der Waals surface area contributed by atoms with Crippen LogP contribution in [0.15, 0.2) is 24.3 Å². The van der Waals surface area contributed by atoms with Crippen molar-refractivity contribution in [3.63, 3.8) is 0 Å². The minimum atomic E-state index is 0.627. The van der Waals surface area contributed by atoms with Gasteiger partial charge in [-0.05, 0) is 31.9 Å². The molecule has 1 aromatic carbocycles. The maximum absolute atomic E-state index is 4.88. The first-order valence-corrected chi connectivity index (χ1v) is 8.48. The van der Waals surface area contributed by atoms with Crippen LogP contribution in [0.1, 0.15) is 31.4 Å². The molecular formula is C16H20BrN3. The second-order valence-electron chi connectivity index (χ2n) is 5.44. The molecule has 2 aromatic rings. The Morgan fingerprint density at radius 1 is 1.15 bits per heavy atom.